The molecule has 1 aromatic heterocycles. The van der Waals surface area contributed by atoms with E-state index < -0.39 is 16.7 Å². The molecule has 0 saturated heterocycles. The second kappa shape index (κ2) is 9.26. The van der Waals surface area contributed by atoms with Crippen molar-refractivity contribution in [2.75, 3.05) is 12.4 Å². The second-order valence-corrected chi connectivity index (χ2v) is 6.86. The number of hydrogen-bond acceptors (Lipinski definition) is 6. The number of aromatic nitrogens is 2. The van der Waals surface area contributed by atoms with Gasteiger partial charge < -0.3 is 15.4 Å². The summed E-state index contributed by atoms with van der Waals surface area (Å²) in [6, 6.07) is 10.6. The third kappa shape index (κ3) is 5.17. The van der Waals surface area contributed by atoms with Crippen molar-refractivity contribution >= 4 is 34.8 Å². The Morgan fingerprint density at radius 2 is 1.90 bits per heavy atom. The molecule has 2 amide bonds. The minimum absolute atomic E-state index is 0.114. The smallest absolute Gasteiger partial charge is 0.273 e. The molecule has 0 saturated carbocycles. The lowest BCUT2D eigenvalue weighted by Crippen LogP contribution is -2.21. The number of carbonyl (C=O) groups is 2. The summed E-state index contributed by atoms with van der Waals surface area (Å²) in [6.45, 7) is 0.156. The summed E-state index contributed by atoms with van der Waals surface area (Å²) in [5, 5.41) is 20.1. The van der Waals surface area contributed by atoms with Gasteiger partial charge in [-0.25, -0.2) is 0 Å². The maximum absolute atomic E-state index is 12.5. The number of anilines is 1. The van der Waals surface area contributed by atoms with Crippen molar-refractivity contribution in [3.63, 3.8) is 0 Å². The Morgan fingerprint density at radius 3 is 2.52 bits per heavy atom. The van der Waals surface area contributed by atoms with E-state index in [1.807, 2.05) is 0 Å². The molecule has 10 nitrogen and oxygen atoms in total. The van der Waals surface area contributed by atoms with E-state index in [-0.39, 0.29) is 23.0 Å². The summed E-state index contributed by atoms with van der Waals surface area (Å²) in [5.74, 6) is -0.496. The first-order valence-electron chi connectivity index (χ1n) is 9.01. The standard InChI is InChI=1S/C20H18ClN5O5/c1-22-20(28)18-16(10-25(2)24-18)23-19(27)13-5-3-12(4-6-13)11-31-17-8-7-14(26(29)30)9-15(17)21/h3-10H,11H2,1-2H3,(H,22,28)(H,23,27). The average molecular weight is 444 g/mol. The Morgan fingerprint density at radius 1 is 1.19 bits per heavy atom. The molecule has 11 heteroatoms. The Kier molecular flexibility index (Phi) is 6.51. The minimum Gasteiger partial charge on any atom is -0.487 e. The molecular formula is C20H18ClN5O5. The molecule has 0 aliphatic heterocycles. The first-order chi connectivity index (χ1) is 14.8. The molecule has 0 unspecified atom stereocenters. The molecule has 0 aliphatic carbocycles. The number of halogens is 1. The minimum atomic E-state index is -0.539. The normalized spacial score (nSPS) is 10.4. The van der Waals surface area contributed by atoms with Gasteiger partial charge in [-0.2, -0.15) is 5.10 Å². The topological polar surface area (TPSA) is 128 Å². The molecule has 0 radical (unpaired) electrons. The number of nitro benzene ring substituents is 1. The largest absolute Gasteiger partial charge is 0.487 e. The van der Waals surface area contributed by atoms with Gasteiger partial charge in [0.15, 0.2) is 5.69 Å². The van der Waals surface area contributed by atoms with Crippen LogP contribution in [0, 0.1) is 10.1 Å². The molecule has 3 aromatic rings. The second-order valence-electron chi connectivity index (χ2n) is 6.46. The molecule has 0 spiro atoms. The van der Waals surface area contributed by atoms with Crippen LogP contribution in [0.2, 0.25) is 5.02 Å². The number of rotatable bonds is 7. The van der Waals surface area contributed by atoms with Gasteiger partial charge in [0.25, 0.3) is 17.5 Å². The molecular weight excluding hydrogens is 426 g/mol. The molecule has 160 valence electrons. The Bertz CT molecular complexity index is 1140. The molecule has 2 aromatic carbocycles. The maximum Gasteiger partial charge on any atom is 0.273 e. The van der Waals surface area contributed by atoms with Crippen LogP contribution < -0.4 is 15.4 Å². The van der Waals surface area contributed by atoms with Crippen molar-refractivity contribution in [1.82, 2.24) is 15.1 Å². The molecule has 1 heterocycles. The van der Waals surface area contributed by atoms with Gasteiger partial charge >= 0.3 is 0 Å². The van der Waals surface area contributed by atoms with Gasteiger partial charge in [-0.3, -0.25) is 24.4 Å². The average Bonchev–Trinajstić information content (AvgIpc) is 3.12. The summed E-state index contributed by atoms with van der Waals surface area (Å²) >= 11 is 6.01. The van der Waals surface area contributed by atoms with Crippen LogP contribution in [0.3, 0.4) is 0 Å². The van der Waals surface area contributed by atoms with Gasteiger partial charge in [0.1, 0.15) is 12.4 Å². The van der Waals surface area contributed by atoms with E-state index in [0.29, 0.717) is 17.0 Å². The fraction of sp³-hybridized carbons (Fsp3) is 0.150. The van der Waals surface area contributed by atoms with Crippen molar-refractivity contribution in [1.29, 1.82) is 0 Å². The number of non-ortho nitro benzene ring substituents is 1. The predicted molar refractivity (Wildman–Crippen MR) is 113 cm³/mol. The molecule has 0 fully saturated rings. The van der Waals surface area contributed by atoms with E-state index >= 15 is 0 Å². The van der Waals surface area contributed by atoms with Crippen LogP contribution >= 0.6 is 11.6 Å². The van der Waals surface area contributed by atoms with Crippen molar-refractivity contribution in [3.8, 4) is 5.75 Å². The third-order valence-electron chi connectivity index (χ3n) is 4.26. The van der Waals surface area contributed by atoms with Crippen LogP contribution in [-0.2, 0) is 13.7 Å². The van der Waals surface area contributed by atoms with Crippen molar-refractivity contribution in [2.45, 2.75) is 6.61 Å². The lowest BCUT2D eigenvalue weighted by Gasteiger charge is -2.09. The van der Waals surface area contributed by atoms with Gasteiger partial charge in [0.05, 0.1) is 15.6 Å². The van der Waals surface area contributed by atoms with Crippen LogP contribution in [0.5, 0.6) is 5.75 Å². The van der Waals surface area contributed by atoms with E-state index in [1.54, 1.807) is 37.5 Å². The highest BCUT2D eigenvalue weighted by Crippen LogP contribution is 2.29. The highest BCUT2D eigenvalue weighted by molar-refractivity contribution is 6.32. The summed E-state index contributed by atoms with van der Waals surface area (Å²) in [5.41, 5.74) is 1.43. The zero-order chi connectivity index (χ0) is 22.5. The summed E-state index contributed by atoms with van der Waals surface area (Å²) < 4.78 is 7.03. The van der Waals surface area contributed by atoms with Gasteiger partial charge in [-0.15, -0.1) is 0 Å². The quantitative estimate of drug-likeness (QED) is 0.426. The number of nitrogens with one attached hydrogen (secondary N) is 2. The van der Waals surface area contributed by atoms with Crippen LogP contribution in [0.4, 0.5) is 11.4 Å². The fourth-order valence-corrected chi connectivity index (χ4v) is 2.92. The number of hydrogen-bond donors (Lipinski definition) is 2. The molecule has 0 aliphatic rings. The lowest BCUT2D eigenvalue weighted by molar-refractivity contribution is -0.384. The van der Waals surface area contributed by atoms with Crippen molar-refractivity contribution < 1.29 is 19.2 Å². The number of aryl methyl sites for hydroxylation is 1. The van der Waals surface area contributed by atoms with Gasteiger partial charge in [-0.1, -0.05) is 23.7 Å². The van der Waals surface area contributed by atoms with Crippen LogP contribution in [0.15, 0.2) is 48.7 Å². The highest BCUT2D eigenvalue weighted by Gasteiger charge is 2.17. The van der Waals surface area contributed by atoms with Crippen LogP contribution in [0.25, 0.3) is 0 Å². The van der Waals surface area contributed by atoms with Crippen molar-refractivity contribution in [3.05, 3.63) is 80.6 Å². The number of benzene rings is 2. The maximum atomic E-state index is 12.5. The van der Waals surface area contributed by atoms with Gasteiger partial charge in [0.2, 0.25) is 0 Å². The number of ether oxygens (including phenoxy) is 1. The third-order valence-corrected chi connectivity index (χ3v) is 4.55. The Balaban J connectivity index is 1.65. The Hall–Kier alpha value is -3.92. The van der Waals surface area contributed by atoms with E-state index in [9.17, 15) is 19.7 Å². The Labute approximate surface area is 181 Å². The number of carbonyl (C=O) groups excluding carboxylic acids is 2. The zero-order valence-electron chi connectivity index (χ0n) is 16.6. The zero-order valence-corrected chi connectivity index (χ0v) is 17.3. The van der Waals surface area contributed by atoms with E-state index in [1.165, 1.54) is 29.9 Å². The molecule has 31 heavy (non-hydrogen) atoms. The van der Waals surface area contributed by atoms with Crippen LogP contribution in [0.1, 0.15) is 26.4 Å². The van der Waals surface area contributed by atoms with Crippen molar-refractivity contribution in [2.24, 2.45) is 7.05 Å². The van der Waals surface area contributed by atoms with E-state index in [4.69, 9.17) is 16.3 Å². The lowest BCUT2D eigenvalue weighted by atomic mass is 10.1. The van der Waals surface area contributed by atoms with Gasteiger partial charge in [-0.05, 0) is 23.8 Å². The molecule has 0 atom stereocenters. The highest BCUT2D eigenvalue weighted by atomic mass is 35.5. The number of nitrogens with zero attached hydrogens (tertiary/aromatic N) is 3. The monoisotopic (exact) mass is 443 g/mol. The summed E-state index contributed by atoms with van der Waals surface area (Å²) in [6.07, 6.45) is 1.54. The van der Waals surface area contributed by atoms with E-state index in [2.05, 4.69) is 15.7 Å². The molecule has 0 bridgehead atoms. The SMILES string of the molecule is CNC(=O)c1nn(C)cc1NC(=O)c1ccc(COc2ccc([N+](=O)[O-])cc2Cl)cc1. The van der Waals surface area contributed by atoms with Crippen LogP contribution in [-0.4, -0.2) is 33.6 Å². The molecule has 3 rings (SSSR count). The molecule has 2 N–H and O–H groups in total. The number of nitro groups is 1. The number of amides is 2. The van der Waals surface area contributed by atoms with E-state index in [0.717, 1.165) is 5.56 Å². The first-order valence-corrected chi connectivity index (χ1v) is 9.39. The predicted octanol–water partition coefficient (Wildman–Crippen LogP) is 3.17. The fourth-order valence-electron chi connectivity index (χ4n) is 2.69. The summed E-state index contributed by atoms with van der Waals surface area (Å²) in [4.78, 5) is 34.6. The summed E-state index contributed by atoms with van der Waals surface area (Å²) in [7, 11) is 3.13. The van der Waals surface area contributed by atoms with Gasteiger partial charge in [0, 0.05) is 38.0 Å². The first kappa shape index (κ1) is 21.8.